The average molecular weight is 569 g/mol. The van der Waals surface area contributed by atoms with Crippen molar-refractivity contribution in [1.82, 2.24) is 25.4 Å². The zero-order chi connectivity index (χ0) is 21.6. The van der Waals surface area contributed by atoms with E-state index >= 15 is 0 Å². The van der Waals surface area contributed by atoms with Gasteiger partial charge in [-0.05, 0) is 44.8 Å². The molecule has 2 rings (SSSR count). The second kappa shape index (κ2) is 17.0. The van der Waals surface area contributed by atoms with E-state index in [-0.39, 0.29) is 24.0 Å². The zero-order valence-corrected chi connectivity index (χ0v) is 22.7. The third-order valence-corrected chi connectivity index (χ3v) is 5.45. The van der Waals surface area contributed by atoms with Crippen LogP contribution in [-0.2, 0) is 22.4 Å². The Labute approximate surface area is 209 Å². The van der Waals surface area contributed by atoms with Gasteiger partial charge < -0.3 is 24.7 Å². The highest BCUT2D eigenvalue weighted by molar-refractivity contribution is 14.0. The standard InChI is InChI=1S/C21H40N6O2S.HI/c1-5-22-20(24-12-8-13-28-16-18-9-7-14-29-18)23-11-6-10-19-25-26-21(30-4)27(19)15-17(2)3;/h17-18H,5-16H2,1-4H3,(H2,22,23,24);1H. The number of hydrogen-bond acceptors (Lipinski definition) is 6. The second-order valence-electron chi connectivity index (χ2n) is 7.96. The van der Waals surface area contributed by atoms with Crippen LogP contribution in [0.15, 0.2) is 10.1 Å². The van der Waals surface area contributed by atoms with Crippen LogP contribution in [0.2, 0.25) is 0 Å². The van der Waals surface area contributed by atoms with Gasteiger partial charge in [-0.1, -0.05) is 25.6 Å². The lowest BCUT2D eigenvalue weighted by atomic mass is 10.2. The Hall–Kier alpha value is -0.590. The summed E-state index contributed by atoms with van der Waals surface area (Å²) in [5, 5.41) is 16.4. The molecule has 1 saturated heterocycles. The lowest BCUT2D eigenvalue weighted by Crippen LogP contribution is -2.38. The van der Waals surface area contributed by atoms with Crippen LogP contribution in [0.5, 0.6) is 0 Å². The van der Waals surface area contributed by atoms with Crippen LogP contribution >= 0.6 is 35.7 Å². The third-order valence-electron chi connectivity index (χ3n) is 4.78. The van der Waals surface area contributed by atoms with E-state index < -0.39 is 0 Å². The highest BCUT2D eigenvalue weighted by Gasteiger charge is 2.15. The molecule has 8 nitrogen and oxygen atoms in total. The molecule has 1 aromatic rings. The van der Waals surface area contributed by atoms with E-state index in [2.05, 4.69) is 52.4 Å². The maximum absolute atomic E-state index is 5.71. The van der Waals surface area contributed by atoms with E-state index in [0.717, 1.165) is 88.4 Å². The van der Waals surface area contributed by atoms with Crippen molar-refractivity contribution in [2.24, 2.45) is 10.9 Å². The molecule has 2 N–H and O–H groups in total. The Balaban J connectivity index is 0.00000480. The summed E-state index contributed by atoms with van der Waals surface area (Å²) < 4.78 is 13.5. The molecule has 1 aromatic heterocycles. The normalized spacial score (nSPS) is 16.5. The summed E-state index contributed by atoms with van der Waals surface area (Å²) >= 11 is 1.66. The summed E-state index contributed by atoms with van der Waals surface area (Å²) in [5.74, 6) is 2.50. The molecule has 1 atom stereocenters. The van der Waals surface area contributed by atoms with Gasteiger partial charge in [-0.3, -0.25) is 4.99 Å². The first kappa shape index (κ1) is 28.4. The number of hydrogen-bond donors (Lipinski definition) is 2. The molecule has 1 fully saturated rings. The lowest BCUT2D eigenvalue weighted by Gasteiger charge is -2.13. The van der Waals surface area contributed by atoms with Gasteiger partial charge >= 0.3 is 0 Å². The zero-order valence-electron chi connectivity index (χ0n) is 19.6. The van der Waals surface area contributed by atoms with Crippen molar-refractivity contribution < 1.29 is 9.47 Å². The molecule has 0 radical (unpaired) electrons. The largest absolute Gasteiger partial charge is 0.379 e. The van der Waals surface area contributed by atoms with Crippen LogP contribution in [0.1, 0.15) is 52.3 Å². The molecule has 1 aliphatic heterocycles. The molecular formula is C21H41IN6O2S. The van der Waals surface area contributed by atoms with E-state index in [4.69, 9.17) is 14.5 Å². The number of aryl methyl sites for hydroxylation is 1. The first-order valence-electron chi connectivity index (χ1n) is 11.3. The van der Waals surface area contributed by atoms with Gasteiger partial charge in [0.15, 0.2) is 11.1 Å². The topological polar surface area (TPSA) is 85.6 Å². The summed E-state index contributed by atoms with van der Waals surface area (Å²) in [6, 6.07) is 0. The molecule has 1 aliphatic rings. The quantitative estimate of drug-likeness (QED) is 0.117. The first-order valence-corrected chi connectivity index (χ1v) is 12.5. The Morgan fingerprint density at radius 3 is 2.84 bits per heavy atom. The number of ether oxygens (including phenoxy) is 2. The van der Waals surface area contributed by atoms with Gasteiger partial charge in [-0.2, -0.15) is 0 Å². The molecule has 1 unspecified atom stereocenters. The van der Waals surface area contributed by atoms with E-state index in [1.54, 1.807) is 11.8 Å². The van der Waals surface area contributed by atoms with Crippen LogP contribution in [0.25, 0.3) is 0 Å². The van der Waals surface area contributed by atoms with Gasteiger partial charge in [0.05, 0.1) is 12.7 Å². The van der Waals surface area contributed by atoms with Gasteiger partial charge in [0.1, 0.15) is 5.82 Å². The second-order valence-corrected chi connectivity index (χ2v) is 8.74. The van der Waals surface area contributed by atoms with Gasteiger partial charge in [0, 0.05) is 45.8 Å². The van der Waals surface area contributed by atoms with Gasteiger partial charge in [0.25, 0.3) is 0 Å². The Morgan fingerprint density at radius 2 is 2.16 bits per heavy atom. The molecule has 10 heteroatoms. The first-order chi connectivity index (χ1) is 14.6. The predicted octanol–water partition coefficient (Wildman–Crippen LogP) is 3.35. The summed E-state index contributed by atoms with van der Waals surface area (Å²) in [6.45, 7) is 12.3. The molecule has 180 valence electrons. The maximum atomic E-state index is 5.71. The van der Waals surface area contributed by atoms with E-state index in [1.807, 2.05) is 0 Å². The van der Waals surface area contributed by atoms with Crippen molar-refractivity contribution in [3.8, 4) is 0 Å². The predicted molar refractivity (Wildman–Crippen MR) is 139 cm³/mol. The summed E-state index contributed by atoms with van der Waals surface area (Å²) in [7, 11) is 0. The molecule has 0 spiro atoms. The minimum absolute atomic E-state index is 0. The molecule has 2 heterocycles. The number of nitrogens with one attached hydrogen (secondary N) is 2. The van der Waals surface area contributed by atoms with Crippen molar-refractivity contribution in [1.29, 1.82) is 0 Å². The SMILES string of the molecule is CCNC(=NCCCc1nnc(SC)n1CC(C)C)NCCCOCC1CCCO1.I. The van der Waals surface area contributed by atoms with Crippen LogP contribution in [-0.4, -0.2) is 72.5 Å². The fourth-order valence-corrected chi connectivity index (χ4v) is 3.87. The number of thioether (sulfide) groups is 1. The summed E-state index contributed by atoms with van der Waals surface area (Å²) in [4.78, 5) is 4.70. The number of aliphatic imine (C=N–C) groups is 1. The Bertz CT molecular complexity index is 623. The Kier molecular flexibility index (Phi) is 15.6. The molecule has 0 aromatic carbocycles. The van der Waals surface area contributed by atoms with Gasteiger partial charge in [0.2, 0.25) is 0 Å². The fourth-order valence-electron chi connectivity index (χ4n) is 3.34. The van der Waals surface area contributed by atoms with Crippen molar-refractivity contribution >= 4 is 41.7 Å². The van der Waals surface area contributed by atoms with E-state index in [0.29, 0.717) is 18.6 Å². The van der Waals surface area contributed by atoms with Crippen molar-refractivity contribution in [2.45, 2.75) is 70.7 Å². The minimum Gasteiger partial charge on any atom is -0.379 e. The summed E-state index contributed by atoms with van der Waals surface area (Å²) in [6.07, 6.45) is 7.43. The number of guanidine groups is 1. The Morgan fingerprint density at radius 1 is 1.32 bits per heavy atom. The number of rotatable bonds is 14. The fraction of sp³-hybridized carbons (Fsp3) is 0.857. The van der Waals surface area contributed by atoms with Crippen molar-refractivity contribution in [3.05, 3.63) is 5.82 Å². The van der Waals surface area contributed by atoms with Crippen LogP contribution in [0.3, 0.4) is 0 Å². The van der Waals surface area contributed by atoms with Crippen LogP contribution < -0.4 is 10.6 Å². The number of halogens is 1. The molecule has 0 aliphatic carbocycles. The summed E-state index contributed by atoms with van der Waals surface area (Å²) in [5.41, 5.74) is 0. The highest BCUT2D eigenvalue weighted by Crippen LogP contribution is 2.16. The number of nitrogens with zero attached hydrogens (tertiary/aromatic N) is 4. The van der Waals surface area contributed by atoms with Crippen molar-refractivity contribution in [3.63, 3.8) is 0 Å². The minimum atomic E-state index is 0. The molecule has 0 amide bonds. The van der Waals surface area contributed by atoms with Gasteiger partial charge in [-0.15, -0.1) is 34.2 Å². The van der Waals surface area contributed by atoms with E-state index in [9.17, 15) is 0 Å². The molecule has 0 saturated carbocycles. The molecule has 0 bridgehead atoms. The molecule has 31 heavy (non-hydrogen) atoms. The smallest absolute Gasteiger partial charge is 0.191 e. The maximum Gasteiger partial charge on any atom is 0.191 e. The van der Waals surface area contributed by atoms with Gasteiger partial charge in [-0.25, -0.2) is 0 Å². The van der Waals surface area contributed by atoms with Crippen molar-refractivity contribution in [2.75, 3.05) is 45.7 Å². The van der Waals surface area contributed by atoms with Crippen LogP contribution in [0.4, 0.5) is 0 Å². The third kappa shape index (κ3) is 11.2. The van der Waals surface area contributed by atoms with E-state index in [1.165, 1.54) is 0 Å². The lowest BCUT2D eigenvalue weighted by molar-refractivity contribution is 0.0168. The van der Waals surface area contributed by atoms with Crippen LogP contribution in [0, 0.1) is 5.92 Å². The monoisotopic (exact) mass is 568 g/mol. The highest BCUT2D eigenvalue weighted by atomic mass is 127. The average Bonchev–Trinajstić information content (AvgIpc) is 3.37. The number of aromatic nitrogens is 3. The molecular weight excluding hydrogens is 527 g/mol.